The molecule has 0 atom stereocenters. The minimum absolute atomic E-state index is 0.0208. The second-order valence-electron chi connectivity index (χ2n) is 5.76. The summed E-state index contributed by atoms with van der Waals surface area (Å²) in [6.07, 6.45) is 0. The molecule has 0 unspecified atom stereocenters. The summed E-state index contributed by atoms with van der Waals surface area (Å²) in [5, 5.41) is 2.70. The lowest BCUT2D eigenvalue weighted by atomic mass is 10.1. The van der Waals surface area contributed by atoms with Crippen molar-refractivity contribution in [3.8, 4) is 0 Å². The molecule has 0 aromatic heterocycles. The molecule has 0 aliphatic rings. The van der Waals surface area contributed by atoms with Gasteiger partial charge in [-0.25, -0.2) is 0 Å². The zero-order chi connectivity index (χ0) is 16.6. The quantitative estimate of drug-likeness (QED) is 0.821. The first-order chi connectivity index (χ1) is 9.55. The van der Waals surface area contributed by atoms with Gasteiger partial charge in [-0.3, -0.25) is 9.59 Å². The zero-order valence-electron chi connectivity index (χ0n) is 13.7. The van der Waals surface area contributed by atoms with E-state index in [1.165, 1.54) is 12.5 Å². The smallest absolute Gasteiger partial charge is 0.303 e. The van der Waals surface area contributed by atoms with Gasteiger partial charge >= 0.3 is 5.97 Å². The number of nitrogens with one attached hydrogen (secondary N) is 1. The largest absolute Gasteiger partial charge is 0.460 e. The van der Waals surface area contributed by atoms with E-state index in [1.54, 1.807) is 0 Å². The number of anilines is 1. The first-order valence-corrected chi connectivity index (χ1v) is 6.82. The summed E-state index contributed by atoms with van der Waals surface area (Å²) < 4.78 is 4.80. The van der Waals surface area contributed by atoms with Gasteiger partial charge in [-0.15, -0.1) is 0 Å². The van der Waals surface area contributed by atoms with Gasteiger partial charge in [0.15, 0.2) is 0 Å². The molecule has 1 rings (SSSR count). The molecule has 1 amide bonds. The minimum Gasteiger partial charge on any atom is -0.460 e. The van der Waals surface area contributed by atoms with Gasteiger partial charge in [-0.1, -0.05) is 6.07 Å². The normalized spacial score (nSPS) is 10.2. The molecular weight excluding hydrogens is 268 g/mol. The highest BCUT2D eigenvalue weighted by atomic mass is 16.6. The van der Waals surface area contributed by atoms with Crippen LogP contribution in [-0.4, -0.2) is 24.0 Å². The lowest BCUT2D eigenvalue weighted by molar-refractivity contribution is -0.151. The van der Waals surface area contributed by atoms with Crippen LogP contribution in [0.3, 0.4) is 0 Å². The van der Waals surface area contributed by atoms with Crippen LogP contribution >= 0.6 is 0 Å². The number of hydrogen-bond donors (Lipinski definition) is 2. The number of amides is 1. The topological polar surface area (TPSA) is 81.4 Å². The van der Waals surface area contributed by atoms with E-state index in [9.17, 15) is 9.59 Å². The number of hydrogen-bond acceptors (Lipinski definition) is 4. The molecule has 0 bridgehead atoms. The summed E-state index contributed by atoms with van der Waals surface area (Å²) in [6, 6.07) is 5.78. The van der Waals surface area contributed by atoms with Crippen LogP contribution in [0.15, 0.2) is 18.2 Å². The van der Waals surface area contributed by atoms with Crippen LogP contribution < -0.4 is 11.1 Å². The Labute approximate surface area is 126 Å². The third-order valence-electron chi connectivity index (χ3n) is 2.43. The van der Waals surface area contributed by atoms with E-state index in [0.717, 1.165) is 11.3 Å². The maximum atomic E-state index is 10.9. The van der Waals surface area contributed by atoms with Crippen LogP contribution in [0.25, 0.3) is 0 Å². The maximum Gasteiger partial charge on any atom is 0.303 e. The molecule has 118 valence electrons. The Morgan fingerprint density at radius 3 is 2.10 bits per heavy atom. The molecule has 0 saturated carbocycles. The van der Waals surface area contributed by atoms with Crippen molar-refractivity contribution in [3.05, 3.63) is 29.3 Å². The van der Waals surface area contributed by atoms with Gasteiger partial charge in [0.1, 0.15) is 5.60 Å². The summed E-state index contributed by atoms with van der Waals surface area (Å²) >= 11 is 0. The Bertz CT molecular complexity index is 491. The number of rotatable bonds is 2. The van der Waals surface area contributed by atoms with E-state index in [0.29, 0.717) is 0 Å². The Morgan fingerprint density at radius 2 is 1.76 bits per heavy atom. The Hall–Kier alpha value is -1.88. The predicted molar refractivity (Wildman–Crippen MR) is 85.1 cm³/mol. The molecule has 1 aromatic carbocycles. The Morgan fingerprint density at radius 1 is 1.19 bits per heavy atom. The van der Waals surface area contributed by atoms with Gasteiger partial charge < -0.3 is 15.8 Å². The SMILES string of the molecule is CC(=O)OC(C)(C)C.Cc1ccc(NC(=O)CN)cc1C. The highest BCUT2D eigenvalue weighted by molar-refractivity contribution is 5.92. The third kappa shape index (κ3) is 9.62. The summed E-state index contributed by atoms with van der Waals surface area (Å²) in [7, 11) is 0. The van der Waals surface area contributed by atoms with E-state index < -0.39 is 0 Å². The van der Waals surface area contributed by atoms with Crippen LogP contribution in [0.5, 0.6) is 0 Å². The molecule has 1 aromatic rings. The van der Waals surface area contributed by atoms with Gasteiger partial charge in [-0.2, -0.15) is 0 Å². The van der Waals surface area contributed by atoms with Crippen LogP contribution in [-0.2, 0) is 14.3 Å². The maximum absolute atomic E-state index is 10.9. The number of nitrogens with two attached hydrogens (primary N) is 1. The zero-order valence-corrected chi connectivity index (χ0v) is 13.7. The highest BCUT2D eigenvalue weighted by Crippen LogP contribution is 2.13. The average molecular weight is 294 g/mol. The highest BCUT2D eigenvalue weighted by Gasteiger charge is 2.11. The number of benzene rings is 1. The molecule has 0 spiro atoms. The number of ether oxygens (including phenoxy) is 1. The molecule has 3 N–H and O–H groups in total. The van der Waals surface area contributed by atoms with Gasteiger partial charge in [0.05, 0.1) is 6.54 Å². The number of aryl methyl sites for hydroxylation is 2. The van der Waals surface area contributed by atoms with Crippen molar-refractivity contribution in [2.24, 2.45) is 5.73 Å². The Balaban J connectivity index is 0.000000433. The summed E-state index contributed by atoms with van der Waals surface area (Å²) in [4.78, 5) is 21.2. The van der Waals surface area contributed by atoms with Crippen LogP contribution in [0.1, 0.15) is 38.8 Å². The molecule has 5 heteroatoms. The number of carbonyl (C=O) groups is 2. The molecule has 0 aliphatic carbocycles. The Kier molecular flexibility index (Phi) is 7.66. The number of esters is 1. The monoisotopic (exact) mass is 294 g/mol. The van der Waals surface area contributed by atoms with Crippen molar-refractivity contribution in [2.75, 3.05) is 11.9 Å². The van der Waals surface area contributed by atoms with E-state index >= 15 is 0 Å². The van der Waals surface area contributed by atoms with Gasteiger partial charge in [-0.05, 0) is 57.9 Å². The molecule has 0 heterocycles. The molecule has 0 fully saturated rings. The van der Waals surface area contributed by atoms with Crippen molar-refractivity contribution in [3.63, 3.8) is 0 Å². The van der Waals surface area contributed by atoms with Crippen molar-refractivity contribution < 1.29 is 14.3 Å². The van der Waals surface area contributed by atoms with E-state index in [-0.39, 0.29) is 24.0 Å². The molecular formula is C16H26N2O3. The van der Waals surface area contributed by atoms with Gasteiger partial charge in [0.25, 0.3) is 0 Å². The van der Waals surface area contributed by atoms with Gasteiger partial charge in [0, 0.05) is 12.6 Å². The predicted octanol–water partition coefficient (Wildman–Crippen LogP) is 2.55. The first kappa shape index (κ1) is 19.1. The molecule has 21 heavy (non-hydrogen) atoms. The lowest BCUT2D eigenvalue weighted by Gasteiger charge is -2.17. The minimum atomic E-state index is -0.328. The molecule has 0 saturated heterocycles. The lowest BCUT2D eigenvalue weighted by Crippen LogP contribution is -2.21. The fraction of sp³-hybridized carbons (Fsp3) is 0.500. The molecule has 5 nitrogen and oxygen atoms in total. The second kappa shape index (κ2) is 8.42. The van der Waals surface area contributed by atoms with E-state index in [4.69, 9.17) is 10.5 Å². The number of carbonyl (C=O) groups excluding carboxylic acids is 2. The van der Waals surface area contributed by atoms with E-state index in [2.05, 4.69) is 5.32 Å². The van der Waals surface area contributed by atoms with Crippen LogP contribution in [0, 0.1) is 13.8 Å². The van der Waals surface area contributed by atoms with Crippen LogP contribution in [0.2, 0.25) is 0 Å². The molecule has 0 aliphatic heterocycles. The second-order valence-corrected chi connectivity index (χ2v) is 5.76. The summed E-state index contributed by atoms with van der Waals surface area (Å²) in [6.45, 7) is 11.0. The first-order valence-electron chi connectivity index (χ1n) is 6.82. The van der Waals surface area contributed by atoms with Crippen molar-refractivity contribution in [2.45, 2.75) is 47.1 Å². The fourth-order valence-corrected chi connectivity index (χ4v) is 1.46. The summed E-state index contributed by atoms with van der Waals surface area (Å²) in [5.74, 6) is -0.388. The summed E-state index contributed by atoms with van der Waals surface area (Å²) in [5.41, 5.74) is 8.03. The van der Waals surface area contributed by atoms with E-state index in [1.807, 2.05) is 52.8 Å². The third-order valence-corrected chi connectivity index (χ3v) is 2.43. The van der Waals surface area contributed by atoms with Crippen molar-refractivity contribution in [1.82, 2.24) is 0 Å². The average Bonchev–Trinajstić information content (AvgIpc) is 2.31. The standard InChI is InChI=1S/C10H14N2O.C6H12O2/c1-7-3-4-9(5-8(7)2)12-10(13)6-11;1-5(7)8-6(2,3)4/h3-5H,6,11H2,1-2H3,(H,12,13);1-4H3. The van der Waals surface area contributed by atoms with Crippen molar-refractivity contribution >= 4 is 17.6 Å². The van der Waals surface area contributed by atoms with Gasteiger partial charge in [0.2, 0.25) is 5.91 Å². The fourth-order valence-electron chi connectivity index (χ4n) is 1.46. The van der Waals surface area contributed by atoms with Crippen molar-refractivity contribution in [1.29, 1.82) is 0 Å². The molecule has 0 radical (unpaired) electrons. The van der Waals surface area contributed by atoms with Crippen LogP contribution in [0.4, 0.5) is 5.69 Å².